The van der Waals surface area contributed by atoms with Crippen molar-refractivity contribution in [2.24, 2.45) is 18.9 Å². The molecule has 0 spiro atoms. The van der Waals surface area contributed by atoms with Gasteiger partial charge in [0.05, 0.1) is 5.75 Å². The van der Waals surface area contributed by atoms with E-state index in [2.05, 4.69) is 29.5 Å². The van der Waals surface area contributed by atoms with Gasteiger partial charge in [-0.15, -0.1) is 0 Å². The summed E-state index contributed by atoms with van der Waals surface area (Å²) in [7, 11) is 1.89. The second-order valence-corrected chi connectivity index (χ2v) is 8.52. The van der Waals surface area contributed by atoms with E-state index in [0.717, 1.165) is 18.0 Å². The number of carbonyl (C=O) groups is 2. The van der Waals surface area contributed by atoms with Gasteiger partial charge >= 0.3 is 0 Å². The number of benzene rings is 1. The lowest BCUT2D eigenvalue weighted by Gasteiger charge is -2.34. The normalized spacial score (nSPS) is 21.9. The zero-order chi connectivity index (χ0) is 20.1. The van der Waals surface area contributed by atoms with Crippen LogP contribution in [0.2, 0.25) is 0 Å². The lowest BCUT2D eigenvalue weighted by Crippen LogP contribution is -2.43. The minimum absolute atomic E-state index is 0.0471. The number of anilines is 1. The number of hydrogen-bond acceptors (Lipinski definition) is 4. The molecule has 2 N–H and O–H groups in total. The lowest BCUT2D eigenvalue weighted by molar-refractivity contribution is -0.113. The van der Waals surface area contributed by atoms with E-state index in [0.29, 0.717) is 23.1 Å². The standard InChI is InChI=1S/C21H28N4O2S/c1-14-5-4-6-18(15(14)2)24-20(27)16-7-9-17(10-8-16)23-19(26)13-28-21-22-11-12-25(21)3/h7-12,14-15,18H,4-6,13H2,1-3H3,(H,23,26)(H,24,27)/t14-,15+,18-/m1/s1. The third kappa shape index (κ3) is 5.16. The highest BCUT2D eigenvalue weighted by atomic mass is 32.2. The topological polar surface area (TPSA) is 76.0 Å². The number of amides is 2. The third-order valence-corrected chi connectivity index (χ3v) is 6.62. The van der Waals surface area contributed by atoms with Crippen molar-refractivity contribution in [1.29, 1.82) is 0 Å². The van der Waals surface area contributed by atoms with Gasteiger partial charge in [-0.25, -0.2) is 4.98 Å². The summed E-state index contributed by atoms with van der Waals surface area (Å²) in [6.45, 7) is 4.48. The van der Waals surface area contributed by atoms with Gasteiger partial charge in [0.25, 0.3) is 5.91 Å². The summed E-state index contributed by atoms with van der Waals surface area (Å²) >= 11 is 1.38. The van der Waals surface area contributed by atoms with Gasteiger partial charge < -0.3 is 15.2 Å². The van der Waals surface area contributed by atoms with Gasteiger partial charge in [0.15, 0.2) is 5.16 Å². The Hall–Kier alpha value is -2.28. The quantitative estimate of drug-likeness (QED) is 0.725. The first-order valence-electron chi connectivity index (χ1n) is 9.75. The van der Waals surface area contributed by atoms with E-state index in [1.165, 1.54) is 18.2 Å². The van der Waals surface area contributed by atoms with Crippen LogP contribution in [0.25, 0.3) is 0 Å². The molecule has 1 saturated carbocycles. The molecule has 1 fully saturated rings. The molecule has 0 saturated heterocycles. The van der Waals surface area contributed by atoms with Crippen molar-refractivity contribution >= 4 is 29.3 Å². The molecule has 0 aliphatic heterocycles. The van der Waals surface area contributed by atoms with E-state index in [1.807, 2.05) is 17.8 Å². The molecule has 28 heavy (non-hydrogen) atoms. The number of aryl methyl sites for hydroxylation is 1. The maximum absolute atomic E-state index is 12.6. The van der Waals surface area contributed by atoms with E-state index < -0.39 is 0 Å². The predicted molar refractivity (Wildman–Crippen MR) is 112 cm³/mol. The average molecular weight is 401 g/mol. The van der Waals surface area contributed by atoms with Gasteiger partial charge in [0.2, 0.25) is 5.91 Å². The predicted octanol–water partition coefficient (Wildman–Crippen LogP) is 3.71. The first-order chi connectivity index (χ1) is 13.4. The highest BCUT2D eigenvalue weighted by molar-refractivity contribution is 7.99. The fourth-order valence-corrected chi connectivity index (χ4v) is 4.29. The van der Waals surface area contributed by atoms with Gasteiger partial charge in [-0.1, -0.05) is 38.5 Å². The first kappa shape index (κ1) is 20.5. The van der Waals surface area contributed by atoms with Gasteiger partial charge in [-0.3, -0.25) is 9.59 Å². The summed E-state index contributed by atoms with van der Waals surface area (Å²) < 4.78 is 1.87. The Morgan fingerprint density at radius 3 is 2.64 bits per heavy atom. The number of rotatable bonds is 6. The molecule has 0 unspecified atom stereocenters. The molecular formula is C21H28N4O2S. The Kier molecular flexibility index (Phi) is 6.78. The summed E-state index contributed by atoms with van der Waals surface area (Å²) in [5, 5.41) is 6.83. The second kappa shape index (κ2) is 9.28. The molecule has 1 aromatic heterocycles. The molecule has 7 heteroatoms. The van der Waals surface area contributed by atoms with Crippen molar-refractivity contribution in [2.45, 2.75) is 44.3 Å². The fourth-order valence-electron chi connectivity index (χ4n) is 3.56. The number of hydrogen-bond donors (Lipinski definition) is 2. The van der Waals surface area contributed by atoms with Crippen molar-refractivity contribution in [3.8, 4) is 0 Å². The Morgan fingerprint density at radius 2 is 1.96 bits per heavy atom. The fraction of sp³-hybridized carbons (Fsp3) is 0.476. The molecule has 1 aliphatic rings. The number of nitrogens with one attached hydrogen (secondary N) is 2. The van der Waals surface area contributed by atoms with Crippen molar-refractivity contribution in [3.63, 3.8) is 0 Å². The van der Waals surface area contributed by atoms with Crippen LogP contribution in [0.4, 0.5) is 5.69 Å². The molecule has 3 atom stereocenters. The van der Waals surface area contributed by atoms with Crippen LogP contribution in [0.1, 0.15) is 43.5 Å². The maximum atomic E-state index is 12.6. The maximum Gasteiger partial charge on any atom is 0.251 e. The van der Waals surface area contributed by atoms with E-state index in [9.17, 15) is 9.59 Å². The van der Waals surface area contributed by atoms with E-state index in [1.54, 1.807) is 30.5 Å². The lowest BCUT2D eigenvalue weighted by atomic mass is 9.78. The molecule has 3 rings (SSSR count). The van der Waals surface area contributed by atoms with Crippen LogP contribution in [0.5, 0.6) is 0 Å². The zero-order valence-electron chi connectivity index (χ0n) is 16.6. The van der Waals surface area contributed by atoms with Gasteiger partial charge in [0, 0.05) is 36.7 Å². The SMILES string of the molecule is C[C@H]1[C@H](C)CCC[C@H]1NC(=O)c1ccc(NC(=O)CSc2nccn2C)cc1. The summed E-state index contributed by atoms with van der Waals surface area (Å²) in [6, 6.07) is 7.29. The van der Waals surface area contributed by atoms with Crippen LogP contribution >= 0.6 is 11.8 Å². The summed E-state index contributed by atoms with van der Waals surface area (Å²) in [5.74, 6) is 1.27. The van der Waals surface area contributed by atoms with Gasteiger partial charge in [0.1, 0.15) is 0 Å². The molecule has 0 radical (unpaired) electrons. The molecule has 0 bridgehead atoms. The molecule has 1 heterocycles. The monoisotopic (exact) mass is 400 g/mol. The van der Waals surface area contributed by atoms with Crippen LogP contribution in [0, 0.1) is 11.8 Å². The third-order valence-electron chi connectivity index (χ3n) is 5.56. The zero-order valence-corrected chi connectivity index (χ0v) is 17.5. The minimum Gasteiger partial charge on any atom is -0.349 e. The Bertz CT molecular complexity index is 818. The van der Waals surface area contributed by atoms with Crippen molar-refractivity contribution in [3.05, 3.63) is 42.2 Å². The summed E-state index contributed by atoms with van der Waals surface area (Å²) in [6.07, 6.45) is 6.99. The van der Waals surface area contributed by atoms with Crippen molar-refractivity contribution in [2.75, 3.05) is 11.1 Å². The van der Waals surface area contributed by atoms with E-state index in [-0.39, 0.29) is 23.6 Å². The number of nitrogens with zero attached hydrogens (tertiary/aromatic N) is 2. The molecule has 1 aromatic carbocycles. The van der Waals surface area contributed by atoms with Crippen LogP contribution in [0.15, 0.2) is 41.8 Å². The highest BCUT2D eigenvalue weighted by Crippen LogP contribution is 2.29. The van der Waals surface area contributed by atoms with E-state index >= 15 is 0 Å². The Morgan fingerprint density at radius 1 is 1.21 bits per heavy atom. The average Bonchev–Trinajstić information content (AvgIpc) is 3.09. The highest BCUT2D eigenvalue weighted by Gasteiger charge is 2.28. The molecule has 150 valence electrons. The molecule has 6 nitrogen and oxygen atoms in total. The second-order valence-electron chi connectivity index (χ2n) is 7.58. The Labute approximate surface area is 170 Å². The smallest absolute Gasteiger partial charge is 0.251 e. The number of thioether (sulfide) groups is 1. The first-order valence-corrected chi connectivity index (χ1v) is 10.7. The number of aromatic nitrogens is 2. The van der Waals surface area contributed by atoms with Gasteiger partial charge in [-0.2, -0.15) is 0 Å². The molecular weight excluding hydrogens is 372 g/mol. The number of carbonyl (C=O) groups excluding carboxylic acids is 2. The van der Waals surface area contributed by atoms with Crippen molar-refractivity contribution in [1.82, 2.24) is 14.9 Å². The minimum atomic E-state index is -0.102. The summed E-state index contributed by atoms with van der Waals surface area (Å²) in [4.78, 5) is 28.9. The molecule has 2 aromatic rings. The summed E-state index contributed by atoms with van der Waals surface area (Å²) in [5.41, 5.74) is 1.30. The van der Waals surface area contributed by atoms with Gasteiger partial charge in [-0.05, 0) is 42.5 Å². The largest absolute Gasteiger partial charge is 0.349 e. The van der Waals surface area contributed by atoms with Crippen LogP contribution in [-0.4, -0.2) is 33.2 Å². The van der Waals surface area contributed by atoms with Crippen LogP contribution in [0.3, 0.4) is 0 Å². The van der Waals surface area contributed by atoms with Crippen LogP contribution < -0.4 is 10.6 Å². The van der Waals surface area contributed by atoms with Crippen molar-refractivity contribution < 1.29 is 9.59 Å². The Balaban J connectivity index is 1.50. The number of imidazole rings is 1. The molecule has 2 amide bonds. The van der Waals surface area contributed by atoms with E-state index in [4.69, 9.17) is 0 Å². The van der Waals surface area contributed by atoms with Crippen LogP contribution in [-0.2, 0) is 11.8 Å². The molecule has 1 aliphatic carbocycles.